The third kappa shape index (κ3) is 4.25. The van der Waals surface area contributed by atoms with Crippen molar-refractivity contribution in [1.29, 1.82) is 0 Å². The van der Waals surface area contributed by atoms with E-state index in [2.05, 4.69) is 15.6 Å². The molecule has 178 valence electrons. The lowest BCUT2D eigenvalue weighted by Gasteiger charge is -2.49. The molecule has 1 aromatic heterocycles. The van der Waals surface area contributed by atoms with Crippen LogP contribution in [0.15, 0.2) is 47.9 Å². The van der Waals surface area contributed by atoms with Gasteiger partial charge in [0.1, 0.15) is 0 Å². The molecular weight excluding hydrogens is 469 g/mol. The lowest BCUT2D eigenvalue weighted by molar-refractivity contribution is -0.128. The van der Waals surface area contributed by atoms with Gasteiger partial charge in [-0.2, -0.15) is 0 Å². The Bertz CT molecular complexity index is 1130. The van der Waals surface area contributed by atoms with Crippen LogP contribution in [-0.2, 0) is 4.79 Å². The number of rotatable bonds is 5. The molecule has 2 N–H and O–H groups in total. The molecule has 2 aromatic rings. The zero-order chi connectivity index (χ0) is 23.7. The number of anilines is 2. The standard InChI is InChI=1S/C27H29Cl2N3O2/c28-20-15-30-16-21(29)23(20)26(34)32-19-11-7-10-18(14-19)31-24-22(17-8-3-1-4-9-17)25(33)27(24)12-5-2-6-13-27/h7,10-11,14-17,31H,1-6,8-9,12-13H2,(H,32,34). The molecule has 1 amide bonds. The lowest BCUT2D eigenvalue weighted by Crippen LogP contribution is -2.50. The first-order valence-corrected chi connectivity index (χ1v) is 13.0. The number of carbonyl (C=O) groups is 2. The van der Waals surface area contributed by atoms with Crippen molar-refractivity contribution in [3.63, 3.8) is 0 Å². The van der Waals surface area contributed by atoms with Crippen molar-refractivity contribution in [1.82, 2.24) is 4.98 Å². The Kier molecular flexibility index (Phi) is 6.67. The number of carbonyl (C=O) groups excluding carboxylic acids is 2. The lowest BCUT2D eigenvalue weighted by atomic mass is 9.55. The first-order chi connectivity index (χ1) is 16.5. The van der Waals surface area contributed by atoms with E-state index in [0.29, 0.717) is 17.4 Å². The van der Waals surface area contributed by atoms with Gasteiger partial charge in [0, 0.05) is 35.0 Å². The number of amides is 1. The van der Waals surface area contributed by atoms with Crippen molar-refractivity contribution in [3.05, 3.63) is 63.5 Å². The zero-order valence-electron chi connectivity index (χ0n) is 19.1. The van der Waals surface area contributed by atoms with Crippen LogP contribution in [-0.4, -0.2) is 16.7 Å². The average molecular weight is 498 g/mol. The molecule has 7 heteroatoms. The predicted octanol–water partition coefficient (Wildman–Crippen LogP) is 7.42. The van der Waals surface area contributed by atoms with Crippen molar-refractivity contribution >= 4 is 46.3 Å². The molecule has 1 spiro atoms. The number of aromatic nitrogens is 1. The van der Waals surface area contributed by atoms with E-state index >= 15 is 0 Å². The fraction of sp³-hybridized carbons (Fsp3) is 0.444. The Morgan fingerprint density at radius 2 is 1.59 bits per heavy atom. The van der Waals surface area contributed by atoms with Gasteiger partial charge < -0.3 is 10.6 Å². The van der Waals surface area contributed by atoms with Crippen molar-refractivity contribution in [2.45, 2.75) is 64.2 Å². The predicted molar refractivity (Wildman–Crippen MR) is 136 cm³/mol. The highest BCUT2D eigenvalue weighted by atomic mass is 35.5. The summed E-state index contributed by atoms with van der Waals surface area (Å²) in [6, 6.07) is 7.59. The molecule has 5 rings (SSSR count). The summed E-state index contributed by atoms with van der Waals surface area (Å²) in [6.07, 6.45) is 13.9. The number of nitrogens with zero attached hydrogens (tertiary/aromatic N) is 1. The average Bonchev–Trinajstić information content (AvgIpc) is 2.85. The monoisotopic (exact) mass is 497 g/mol. The number of allylic oxidation sites excluding steroid dienone is 2. The molecule has 3 aliphatic carbocycles. The normalized spacial score (nSPS) is 20.2. The summed E-state index contributed by atoms with van der Waals surface area (Å²) in [5.74, 6) is 0.363. The van der Waals surface area contributed by atoms with Gasteiger partial charge in [0.05, 0.1) is 21.0 Å². The number of hydrogen-bond donors (Lipinski definition) is 2. The van der Waals surface area contributed by atoms with E-state index in [1.165, 1.54) is 38.1 Å². The van der Waals surface area contributed by atoms with Gasteiger partial charge in [-0.25, -0.2) is 0 Å². The number of halogens is 2. The highest BCUT2D eigenvalue weighted by molar-refractivity contribution is 6.40. The fourth-order valence-corrected chi connectivity index (χ4v) is 6.46. The van der Waals surface area contributed by atoms with E-state index in [0.717, 1.165) is 55.5 Å². The van der Waals surface area contributed by atoms with Crippen LogP contribution in [0.4, 0.5) is 11.4 Å². The molecular formula is C27H29Cl2N3O2. The van der Waals surface area contributed by atoms with Crippen molar-refractivity contribution in [3.8, 4) is 0 Å². The van der Waals surface area contributed by atoms with E-state index in [1.54, 1.807) is 0 Å². The van der Waals surface area contributed by atoms with Gasteiger partial charge in [-0.15, -0.1) is 0 Å². The Morgan fingerprint density at radius 3 is 2.29 bits per heavy atom. The van der Waals surface area contributed by atoms with Crippen molar-refractivity contribution in [2.24, 2.45) is 11.3 Å². The number of nitrogens with one attached hydrogen (secondary N) is 2. The van der Waals surface area contributed by atoms with Crippen molar-refractivity contribution in [2.75, 3.05) is 10.6 Å². The number of ketones is 1. The zero-order valence-corrected chi connectivity index (χ0v) is 20.6. The first kappa shape index (κ1) is 23.4. The third-order valence-corrected chi connectivity index (χ3v) is 8.19. The van der Waals surface area contributed by atoms with E-state index in [-0.39, 0.29) is 26.9 Å². The summed E-state index contributed by atoms with van der Waals surface area (Å²) in [7, 11) is 0. The SMILES string of the molecule is O=C(Nc1cccc(NC2=C(C3CCCCC3)C(=O)C23CCCCC3)c1)c1c(Cl)cncc1Cl. The molecule has 0 saturated heterocycles. The van der Waals surface area contributed by atoms with Gasteiger partial charge in [0.2, 0.25) is 0 Å². The van der Waals surface area contributed by atoms with Crippen LogP contribution in [0, 0.1) is 11.3 Å². The van der Waals surface area contributed by atoms with Crippen LogP contribution in [0.1, 0.15) is 74.6 Å². The Hall–Kier alpha value is -2.37. The summed E-state index contributed by atoms with van der Waals surface area (Å²) in [5.41, 5.74) is 3.51. The molecule has 0 bridgehead atoms. The highest BCUT2D eigenvalue weighted by Crippen LogP contribution is 2.56. The van der Waals surface area contributed by atoms with Crippen LogP contribution < -0.4 is 10.6 Å². The van der Waals surface area contributed by atoms with Crippen LogP contribution in [0.3, 0.4) is 0 Å². The maximum atomic E-state index is 13.5. The van der Waals surface area contributed by atoms with Crippen LogP contribution in [0.25, 0.3) is 0 Å². The molecule has 1 aromatic carbocycles. The van der Waals surface area contributed by atoms with Crippen molar-refractivity contribution < 1.29 is 9.59 Å². The molecule has 2 fully saturated rings. The molecule has 0 aliphatic heterocycles. The topological polar surface area (TPSA) is 71.1 Å². The molecule has 1 heterocycles. The molecule has 2 saturated carbocycles. The summed E-state index contributed by atoms with van der Waals surface area (Å²) in [6.45, 7) is 0. The van der Waals surface area contributed by atoms with Crippen LogP contribution >= 0.6 is 23.2 Å². The Labute approximate surface area is 210 Å². The summed E-state index contributed by atoms with van der Waals surface area (Å²) in [5, 5.41) is 6.93. The second-order valence-corrected chi connectivity index (χ2v) is 10.5. The van der Waals surface area contributed by atoms with Gasteiger partial charge >= 0.3 is 0 Å². The summed E-state index contributed by atoms with van der Waals surface area (Å²) >= 11 is 12.3. The number of hydrogen-bond acceptors (Lipinski definition) is 4. The van der Waals surface area contributed by atoms with E-state index in [1.807, 2.05) is 24.3 Å². The van der Waals surface area contributed by atoms with Crippen LogP contribution in [0.5, 0.6) is 0 Å². The van der Waals surface area contributed by atoms with Gasteiger partial charge in [-0.3, -0.25) is 14.6 Å². The number of benzene rings is 1. The fourth-order valence-electron chi connectivity index (χ4n) is 5.92. The Morgan fingerprint density at radius 1 is 0.941 bits per heavy atom. The second kappa shape index (κ2) is 9.71. The van der Waals surface area contributed by atoms with Gasteiger partial charge in [0.15, 0.2) is 5.78 Å². The largest absolute Gasteiger partial charge is 0.358 e. The smallest absolute Gasteiger partial charge is 0.258 e. The quantitative estimate of drug-likeness (QED) is 0.450. The minimum Gasteiger partial charge on any atom is -0.358 e. The maximum absolute atomic E-state index is 13.5. The van der Waals surface area contributed by atoms with Gasteiger partial charge in [-0.05, 0) is 49.8 Å². The Balaban J connectivity index is 1.41. The molecule has 0 unspecified atom stereocenters. The van der Waals surface area contributed by atoms with E-state index in [9.17, 15) is 9.59 Å². The molecule has 3 aliphatic rings. The van der Waals surface area contributed by atoms with E-state index in [4.69, 9.17) is 23.2 Å². The second-order valence-electron chi connectivity index (χ2n) is 9.73. The minimum atomic E-state index is -0.390. The maximum Gasteiger partial charge on any atom is 0.258 e. The third-order valence-electron chi connectivity index (χ3n) is 7.62. The highest BCUT2D eigenvalue weighted by Gasteiger charge is 2.55. The van der Waals surface area contributed by atoms with E-state index < -0.39 is 0 Å². The van der Waals surface area contributed by atoms with Gasteiger partial charge in [0.25, 0.3) is 5.91 Å². The minimum absolute atomic E-state index is 0.199. The molecule has 34 heavy (non-hydrogen) atoms. The summed E-state index contributed by atoms with van der Waals surface area (Å²) in [4.78, 5) is 30.2. The molecule has 0 atom stereocenters. The molecule has 0 radical (unpaired) electrons. The molecule has 5 nitrogen and oxygen atoms in total. The number of pyridine rings is 1. The number of Topliss-reactive ketones (excluding diaryl/α,β-unsaturated/α-hetero) is 1. The first-order valence-electron chi connectivity index (χ1n) is 12.3. The van der Waals surface area contributed by atoms with Crippen LogP contribution in [0.2, 0.25) is 10.0 Å². The van der Waals surface area contributed by atoms with Gasteiger partial charge in [-0.1, -0.05) is 67.8 Å². The summed E-state index contributed by atoms with van der Waals surface area (Å²) < 4.78 is 0.